The highest BCUT2D eigenvalue weighted by atomic mass is 35.5. The van der Waals surface area contributed by atoms with Crippen LogP contribution in [0.25, 0.3) is 10.2 Å². The zero-order valence-corrected chi connectivity index (χ0v) is 12.0. The van der Waals surface area contributed by atoms with Crippen LogP contribution in [0.4, 0.5) is 0 Å². The topological polar surface area (TPSA) is 54.0 Å². The van der Waals surface area contributed by atoms with Gasteiger partial charge in [-0.05, 0) is 12.1 Å². The maximum absolute atomic E-state index is 11.6. The molecule has 3 rings (SSSR count). The van der Waals surface area contributed by atoms with E-state index in [1.54, 1.807) is 11.3 Å². The second-order valence-corrected chi connectivity index (χ2v) is 5.59. The van der Waals surface area contributed by atoms with Gasteiger partial charge in [0.2, 0.25) is 5.91 Å². The molecule has 1 saturated heterocycles. The van der Waals surface area contributed by atoms with Crippen molar-refractivity contribution in [2.75, 3.05) is 19.6 Å². The summed E-state index contributed by atoms with van der Waals surface area (Å²) in [5.74, 6) is 0.329. The average Bonchev–Trinajstić information content (AvgIpc) is 2.69. The average molecular weight is 298 g/mol. The lowest BCUT2D eigenvalue weighted by atomic mass is 10.0. The van der Waals surface area contributed by atoms with Crippen molar-refractivity contribution in [3.05, 3.63) is 29.3 Å². The quantitative estimate of drug-likeness (QED) is 0.901. The van der Waals surface area contributed by atoms with E-state index >= 15 is 0 Å². The Balaban J connectivity index is 0.00000133. The molecule has 0 saturated carbocycles. The Labute approximate surface area is 122 Å². The molecular weight excluding hydrogens is 282 g/mol. The maximum atomic E-state index is 11.6. The van der Waals surface area contributed by atoms with Crippen LogP contribution in [0, 0.1) is 5.92 Å². The second kappa shape index (κ2) is 6.32. The molecule has 4 nitrogen and oxygen atoms in total. The fourth-order valence-electron chi connectivity index (χ4n) is 1.94. The van der Waals surface area contributed by atoms with Crippen molar-refractivity contribution in [1.82, 2.24) is 15.6 Å². The van der Waals surface area contributed by atoms with Crippen LogP contribution in [-0.4, -0.2) is 30.5 Å². The van der Waals surface area contributed by atoms with Crippen molar-refractivity contribution < 1.29 is 4.79 Å². The molecule has 0 aliphatic carbocycles. The summed E-state index contributed by atoms with van der Waals surface area (Å²) in [7, 11) is 0. The van der Waals surface area contributed by atoms with Crippen LogP contribution in [0.15, 0.2) is 24.3 Å². The summed E-state index contributed by atoms with van der Waals surface area (Å²) in [5, 5.41) is 7.15. The third kappa shape index (κ3) is 3.23. The van der Waals surface area contributed by atoms with Gasteiger partial charge in [-0.25, -0.2) is 4.98 Å². The highest BCUT2D eigenvalue weighted by molar-refractivity contribution is 7.18. The fourth-order valence-corrected chi connectivity index (χ4v) is 2.90. The van der Waals surface area contributed by atoms with Crippen LogP contribution in [0.3, 0.4) is 0 Å². The lowest BCUT2D eigenvalue weighted by Gasteiger charge is -2.25. The van der Waals surface area contributed by atoms with E-state index in [4.69, 9.17) is 0 Å². The van der Waals surface area contributed by atoms with Crippen LogP contribution in [0.5, 0.6) is 0 Å². The summed E-state index contributed by atoms with van der Waals surface area (Å²) in [4.78, 5) is 16.2. The third-order valence-corrected chi connectivity index (χ3v) is 4.22. The Morgan fingerprint density at radius 3 is 2.89 bits per heavy atom. The van der Waals surface area contributed by atoms with Gasteiger partial charge in [0.15, 0.2) is 0 Å². The SMILES string of the molecule is Cl.O=C(NCCc1nc2ccccc2s1)C1CNC1. The molecule has 0 atom stereocenters. The highest BCUT2D eigenvalue weighted by Crippen LogP contribution is 2.21. The first-order valence-electron chi connectivity index (χ1n) is 6.16. The Kier molecular flexibility index (Phi) is 4.74. The number of amides is 1. The number of carbonyl (C=O) groups excluding carboxylic acids is 1. The molecule has 1 amide bonds. The molecule has 1 aliphatic rings. The Bertz CT molecular complexity index is 535. The summed E-state index contributed by atoms with van der Waals surface area (Å²) < 4.78 is 1.21. The van der Waals surface area contributed by atoms with E-state index in [9.17, 15) is 4.79 Å². The predicted molar refractivity (Wildman–Crippen MR) is 79.9 cm³/mol. The minimum atomic E-state index is 0. The molecule has 1 fully saturated rings. The molecule has 0 bridgehead atoms. The number of halogens is 1. The van der Waals surface area contributed by atoms with Gasteiger partial charge < -0.3 is 10.6 Å². The first-order chi connectivity index (χ1) is 8.83. The molecule has 102 valence electrons. The van der Waals surface area contributed by atoms with Gasteiger partial charge in [0.05, 0.1) is 21.1 Å². The standard InChI is InChI=1S/C13H15N3OS.ClH/c17-13(9-7-14-8-9)15-6-5-12-16-10-3-1-2-4-11(10)18-12;/h1-4,9,14H,5-8H2,(H,15,17);1H. The number of para-hydroxylation sites is 1. The van der Waals surface area contributed by atoms with Gasteiger partial charge in [-0.2, -0.15) is 0 Å². The van der Waals surface area contributed by atoms with Gasteiger partial charge in [-0.15, -0.1) is 23.7 Å². The van der Waals surface area contributed by atoms with E-state index in [2.05, 4.69) is 21.7 Å². The van der Waals surface area contributed by atoms with Gasteiger partial charge in [0.25, 0.3) is 0 Å². The van der Waals surface area contributed by atoms with Crippen molar-refractivity contribution in [2.24, 2.45) is 5.92 Å². The minimum absolute atomic E-state index is 0. The summed E-state index contributed by atoms with van der Waals surface area (Å²) in [6.45, 7) is 2.30. The van der Waals surface area contributed by atoms with Gasteiger partial charge >= 0.3 is 0 Å². The lowest BCUT2D eigenvalue weighted by molar-refractivity contribution is -0.126. The molecule has 6 heteroatoms. The number of thiazole rings is 1. The van der Waals surface area contributed by atoms with Crippen molar-refractivity contribution >= 4 is 39.9 Å². The van der Waals surface area contributed by atoms with Crippen LogP contribution < -0.4 is 10.6 Å². The number of benzene rings is 1. The normalized spacial score (nSPS) is 14.7. The fraction of sp³-hybridized carbons (Fsp3) is 0.385. The van der Waals surface area contributed by atoms with E-state index in [1.165, 1.54) is 4.70 Å². The van der Waals surface area contributed by atoms with Crippen molar-refractivity contribution in [2.45, 2.75) is 6.42 Å². The predicted octanol–water partition coefficient (Wildman–Crippen LogP) is 1.60. The van der Waals surface area contributed by atoms with Crippen molar-refractivity contribution in [1.29, 1.82) is 0 Å². The van der Waals surface area contributed by atoms with Gasteiger partial charge in [0, 0.05) is 26.1 Å². The summed E-state index contributed by atoms with van der Waals surface area (Å²) in [6.07, 6.45) is 0.811. The molecule has 1 aliphatic heterocycles. The number of hydrogen-bond acceptors (Lipinski definition) is 4. The lowest BCUT2D eigenvalue weighted by Crippen LogP contribution is -2.51. The summed E-state index contributed by atoms with van der Waals surface area (Å²) >= 11 is 1.70. The molecule has 1 aromatic heterocycles. The molecular formula is C13H16ClN3OS. The minimum Gasteiger partial charge on any atom is -0.355 e. The van der Waals surface area contributed by atoms with E-state index in [0.717, 1.165) is 30.0 Å². The van der Waals surface area contributed by atoms with Crippen LogP contribution in [0.2, 0.25) is 0 Å². The third-order valence-electron chi connectivity index (χ3n) is 3.13. The Morgan fingerprint density at radius 2 is 2.21 bits per heavy atom. The largest absolute Gasteiger partial charge is 0.355 e. The van der Waals surface area contributed by atoms with Crippen molar-refractivity contribution in [3.63, 3.8) is 0 Å². The second-order valence-electron chi connectivity index (χ2n) is 4.47. The zero-order chi connectivity index (χ0) is 12.4. The van der Waals surface area contributed by atoms with E-state index in [0.29, 0.717) is 6.54 Å². The first kappa shape index (κ1) is 14.2. The molecule has 1 aromatic carbocycles. The number of aromatic nitrogens is 1. The molecule has 0 spiro atoms. The van der Waals surface area contributed by atoms with E-state index in [-0.39, 0.29) is 24.2 Å². The number of carbonyl (C=O) groups is 1. The Morgan fingerprint density at radius 1 is 1.42 bits per heavy atom. The molecule has 0 radical (unpaired) electrons. The summed E-state index contributed by atoms with van der Waals surface area (Å²) in [5.41, 5.74) is 1.05. The first-order valence-corrected chi connectivity index (χ1v) is 6.97. The number of rotatable bonds is 4. The smallest absolute Gasteiger partial charge is 0.225 e. The molecule has 2 heterocycles. The number of hydrogen-bond donors (Lipinski definition) is 2. The Hall–Kier alpha value is -1.17. The van der Waals surface area contributed by atoms with Crippen LogP contribution in [0.1, 0.15) is 5.01 Å². The number of nitrogens with zero attached hydrogens (tertiary/aromatic N) is 1. The van der Waals surface area contributed by atoms with Crippen LogP contribution in [-0.2, 0) is 11.2 Å². The van der Waals surface area contributed by atoms with E-state index in [1.807, 2.05) is 18.2 Å². The highest BCUT2D eigenvalue weighted by Gasteiger charge is 2.24. The molecule has 2 N–H and O–H groups in total. The van der Waals surface area contributed by atoms with Gasteiger partial charge in [-0.3, -0.25) is 4.79 Å². The molecule has 0 unspecified atom stereocenters. The molecule has 2 aromatic rings. The van der Waals surface area contributed by atoms with Crippen molar-refractivity contribution in [3.8, 4) is 0 Å². The van der Waals surface area contributed by atoms with Crippen LogP contribution >= 0.6 is 23.7 Å². The summed E-state index contributed by atoms with van der Waals surface area (Å²) in [6, 6.07) is 8.12. The van der Waals surface area contributed by atoms with E-state index < -0.39 is 0 Å². The number of fused-ring (bicyclic) bond motifs is 1. The molecule has 19 heavy (non-hydrogen) atoms. The van der Waals surface area contributed by atoms with Gasteiger partial charge in [0.1, 0.15) is 0 Å². The monoisotopic (exact) mass is 297 g/mol. The maximum Gasteiger partial charge on any atom is 0.225 e. The zero-order valence-electron chi connectivity index (χ0n) is 10.4. The van der Waals surface area contributed by atoms with Gasteiger partial charge in [-0.1, -0.05) is 12.1 Å². The number of nitrogens with one attached hydrogen (secondary N) is 2.